The maximum Gasteiger partial charge on any atom is 0.135 e. The van der Waals surface area contributed by atoms with Gasteiger partial charge in [-0.05, 0) is 132 Å². The van der Waals surface area contributed by atoms with Crippen molar-refractivity contribution in [1.29, 1.82) is 0 Å². The Morgan fingerprint density at radius 3 is 1.71 bits per heavy atom. The van der Waals surface area contributed by atoms with E-state index >= 15 is 0 Å². The van der Waals surface area contributed by atoms with Crippen molar-refractivity contribution < 1.29 is 4.42 Å². The summed E-state index contributed by atoms with van der Waals surface area (Å²) in [5.74, 6) is 0. The number of rotatable bonds is 5. The molecule has 0 fully saturated rings. The Hall–Kier alpha value is -8.20. The standard InChI is InChI=1S/C64H43NO/c1-63(2)54-29-11-6-23-46(54)49-35-34-43(37-57(49)63)65(59-32-14-9-22-44(59)40-18-4-3-5-19-40)42-21-16-20-41(36-42)45-27-17-28-51-47-24-7-12-30-55(47)64(62(45)51)56-31-13-8-25-48(56)52-38-53-50-26-10-15-33-60(50)66-61(53)39-58(52)64/h3-39H,1-2H3. The molecule has 14 rings (SSSR count). The number of anilines is 3. The van der Waals surface area contributed by atoms with Gasteiger partial charge in [0.15, 0.2) is 0 Å². The second-order valence-corrected chi connectivity index (χ2v) is 18.7. The minimum absolute atomic E-state index is 0.149. The van der Waals surface area contributed by atoms with Crippen molar-refractivity contribution in [1.82, 2.24) is 0 Å². The Labute approximate surface area is 384 Å². The molecule has 3 aliphatic rings. The van der Waals surface area contributed by atoms with Gasteiger partial charge in [-0.2, -0.15) is 0 Å². The molecule has 10 aromatic carbocycles. The second kappa shape index (κ2) is 13.7. The topological polar surface area (TPSA) is 16.4 Å². The lowest BCUT2D eigenvalue weighted by Gasteiger charge is -2.33. The molecule has 1 heterocycles. The zero-order valence-electron chi connectivity index (χ0n) is 36.7. The van der Waals surface area contributed by atoms with Crippen LogP contribution in [0.2, 0.25) is 0 Å². The van der Waals surface area contributed by atoms with E-state index in [1.807, 2.05) is 0 Å². The summed E-state index contributed by atoms with van der Waals surface area (Å²) in [4.78, 5) is 2.48. The van der Waals surface area contributed by atoms with E-state index in [1.54, 1.807) is 0 Å². The molecule has 3 aliphatic carbocycles. The summed E-state index contributed by atoms with van der Waals surface area (Å²) in [6.45, 7) is 4.74. The van der Waals surface area contributed by atoms with E-state index in [0.29, 0.717) is 0 Å². The highest BCUT2D eigenvalue weighted by Gasteiger charge is 2.53. The van der Waals surface area contributed by atoms with E-state index in [0.717, 1.165) is 39.0 Å². The van der Waals surface area contributed by atoms with Gasteiger partial charge >= 0.3 is 0 Å². The third kappa shape index (κ3) is 4.96. The molecule has 0 saturated heterocycles. The first kappa shape index (κ1) is 37.2. The number of fused-ring (bicyclic) bond motifs is 16. The highest BCUT2D eigenvalue weighted by Crippen LogP contribution is 2.65. The number of hydrogen-bond donors (Lipinski definition) is 0. The molecule has 0 aliphatic heterocycles. The Morgan fingerprint density at radius 2 is 0.909 bits per heavy atom. The monoisotopic (exact) mass is 841 g/mol. The van der Waals surface area contributed by atoms with Gasteiger partial charge in [0.1, 0.15) is 11.2 Å². The summed E-state index contributed by atoms with van der Waals surface area (Å²) in [7, 11) is 0. The Kier molecular flexibility index (Phi) is 7.70. The van der Waals surface area contributed by atoms with Crippen molar-refractivity contribution >= 4 is 39.0 Å². The van der Waals surface area contributed by atoms with Gasteiger partial charge in [0.25, 0.3) is 0 Å². The smallest absolute Gasteiger partial charge is 0.135 e. The van der Waals surface area contributed by atoms with Crippen molar-refractivity contribution in [3.05, 3.63) is 258 Å². The molecule has 0 amide bonds. The van der Waals surface area contributed by atoms with Crippen LogP contribution in [-0.4, -0.2) is 0 Å². The SMILES string of the molecule is CC1(C)c2ccccc2-c2ccc(N(c3cccc(-c4cccc5c4C4(c6ccccc6-c6cc7c(cc64)oc4ccccc47)c4ccccc4-5)c3)c3ccccc3-c3ccccc3)cc21. The van der Waals surface area contributed by atoms with Crippen LogP contribution in [-0.2, 0) is 10.8 Å². The molecule has 66 heavy (non-hydrogen) atoms. The number of benzene rings is 10. The maximum absolute atomic E-state index is 6.69. The Balaban J connectivity index is 1.02. The number of furan rings is 1. The van der Waals surface area contributed by atoms with Crippen LogP contribution in [0.15, 0.2) is 229 Å². The van der Waals surface area contributed by atoms with E-state index in [2.05, 4.69) is 243 Å². The summed E-state index contributed by atoms with van der Waals surface area (Å²) in [5, 5.41) is 2.30. The normalized spacial score (nSPS) is 15.6. The summed E-state index contributed by atoms with van der Waals surface area (Å²) in [6.07, 6.45) is 0. The molecule has 0 radical (unpaired) electrons. The first-order chi connectivity index (χ1) is 32.5. The van der Waals surface area contributed by atoms with Crippen LogP contribution in [0, 0.1) is 0 Å². The van der Waals surface area contributed by atoms with Gasteiger partial charge in [-0.15, -0.1) is 0 Å². The van der Waals surface area contributed by atoms with E-state index in [4.69, 9.17) is 4.42 Å². The molecule has 0 bridgehead atoms. The fourth-order valence-corrected chi connectivity index (χ4v) is 12.3. The van der Waals surface area contributed by atoms with Crippen LogP contribution in [0.5, 0.6) is 0 Å². The van der Waals surface area contributed by atoms with Crippen molar-refractivity contribution in [2.45, 2.75) is 24.7 Å². The van der Waals surface area contributed by atoms with Crippen LogP contribution in [0.3, 0.4) is 0 Å². The molecule has 1 atom stereocenters. The minimum Gasteiger partial charge on any atom is -0.456 e. The molecule has 2 nitrogen and oxygen atoms in total. The Bertz CT molecular complexity index is 3810. The highest BCUT2D eigenvalue weighted by atomic mass is 16.3. The fourth-order valence-electron chi connectivity index (χ4n) is 12.3. The van der Waals surface area contributed by atoms with Crippen LogP contribution < -0.4 is 4.90 Å². The summed E-state index contributed by atoms with van der Waals surface area (Å²) in [6, 6.07) is 83.3. The first-order valence-corrected chi connectivity index (χ1v) is 23.1. The van der Waals surface area contributed by atoms with Gasteiger partial charge < -0.3 is 9.32 Å². The average Bonchev–Trinajstić information content (AvgIpc) is 4.05. The maximum atomic E-state index is 6.69. The molecule has 2 heteroatoms. The lowest BCUT2D eigenvalue weighted by Crippen LogP contribution is -2.26. The average molecular weight is 842 g/mol. The van der Waals surface area contributed by atoms with Gasteiger partial charge in [-0.3, -0.25) is 0 Å². The summed E-state index contributed by atoms with van der Waals surface area (Å²) < 4.78 is 6.69. The number of hydrogen-bond acceptors (Lipinski definition) is 2. The predicted octanol–water partition coefficient (Wildman–Crippen LogP) is 17.0. The van der Waals surface area contributed by atoms with Gasteiger partial charge in [0.2, 0.25) is 0 Å². The Morgan fingerprint density at radius 1 is 0.333 bits per heavy atom. The predicted molar refractivity (Wildman–Crippen MR) is 273 cm³/mol. The molecule has 310 valence electrons. The van der Waals surface area contributed by atoms with E-state index < -0.39 is 5.41 Å². The third-order valence-electron chi connectivity index (χ3n) is 15.1. The molecule has 1 unspecified atom stereocenters. The van der Waals surface area contributed by atoms with Crippen molar-refractivity contribution in [3.63, 3.8) is 0 Å². The number of nitrogens with zero attached hydrogens (tertiary/aromatic N) is 1. The van der Waals surface area contributed by atoms with Crippen molar-refractivity contribution in [2.24, 2.45) is 0 Å². The second-order valence-electron chi connectivity index (χ2n) is 18.7. The van der Waals surface area contributed by atoms with Crippen LogP contribution in [0.1, 0.15) is 47.2 Å². The van der Waals surface area contributed by atoms with E-state index in [-0.39, 0.29) is 5.41 Å². The van der Waals surface area contributed by atoms with Crippen LogP contribution >= 0.6 is 0 Å². The largest absolute Gasteiger partial charge is 0.456 e. The lowest BCUT2D eigenvalue weighted by atomic mass is 9.68. The molecule has 11 aromatic rings. The number of para-hydroxylation sites is 2. The summed E-state index contributed by atoms with van der Waals surface area (Å²) in [5.41, 5.74) is 24.9. The lowest BCUT2D eigenvalue weighted by molar-refractivity contribution is 0.660. The minimum atomic E-state index is -0.572. The molecule has 0 N–H and O–H groups in total. The molecule has 0 saturated carbocycles. The van der Waals surface area contributed by atoms with Crippen LogP contribution in [0.4, 0.5) is 17.1 Å². The molecule has 1 aromatic heterocycles. The third-order valence-corrected chi connectivity index (χ3v) is 15.1. The molecular formula is C64H43NO. The summed E-state index contributed by atoms with van der Waals surface area (Å²) >= 11 is 0. The van der Waals surface area contributed by atoms with Crippen LogP contribution in [0.25, 0.3) is 77.6 Å². The zero-order chi connectivity index (χ0) is 43.7. The zero-order valence-corrected chi connectivity index (χ0v) is 36.7. The molecule has 1 spiro atoms. The fraction of sp³-hybridized carbons (Fsp3) is 0.0625. The van der Waals surface area contributed by atoms with Gasteiger partial charge in [-0.1, -0.05) is 190 Å². The first-order valence-electron chi connectivity index (χ1n) is 23.1. The highest BCUT2D eigenvalue weighted by molar-refractivity contribution is 6.09. The molecular weight excluding hydrogens is 799 g/mol. The van der Waals surface area contributed by atoms with E-state index in [1.165, 1.54) is 89.0 Å². The van der Waals surface area contributed by atoms with Gasteiger partial charge in [0, 0.05) is 33.1 Å². The van der Waals surface area contributed by atoms with Gasteiger partial charge in [0.05, 0.1) is 11.1 Å². The van der Waals surface area contributed by atoms with Crippen molar-refractivity contribution in [2.75, 3.05) is 4.90 Å². The van der Waals surface area contributed by atoms with Crippen molar-refractivity contribution in [3.8, 4) is 55.6 Å². The van der Waals surface area contributed by atoms with Gasteiger partial charge in [-0.25, -0.2) is 0 Å². The quantitative estimate of drug-likeness (QED) is 0.172. The van der Waals surface area contributed by atoms with E-state index in [9.17, 15) is 0 Å².